The number of hydrogen-bond acceptors (Lipinski definition) is 4. The number of methoxy groups -OCH3 is 1. The number of carbonyl (C=O) groups is 1. The normalized spacial score (nSPS) is 19.1. The number of ether oxygens (including phenoxy) is 1. The maximum Gasteiger partial charge on any atom is 0.277 e. The fraction of sp³-hybridized carbons (Fsp3) is 0.269. The van der Waals surface area contributed by atoms with Crippen LogP contribution in [0.4, 0.5) is 4.39 Å². The first-order valence-corrected chi connectivity index (χ1v) is 11.3. The summed E-state index contributed by atoms with van der Waals surface area (Å²) in [5.74, 6) is 0.718. The van der Waals surface area contributed by atoms with Crippen molar-refractivity contribution in [2.75, 3.05) is 7.11 Å². The van der Waals surface area contributed by atoms with Gasteiger partial charge < -0.3 is 14.6 Å². The Bertz CT molecular complexity index is 1290. The molecule has 1 amide bonds. The second kappa shape index (κ2) is 8.78. The lowest BCUT2D eigenvalue weighted by molar-refractivity contribution is -0.123. The van der Waals surface area contributed by atoms with Crippen LogP contribution in [0.1, 0.15) is 42.6 Å². The predicted octanol–water partition coefficient (Wildman–Crippen LogP) is 4.38. The Labute approximate surface area is 197 Å². The molecule has 2 fully saturated rings. The van der Waals surface area contributed by atoms with Crippen LogP contribution in [-0.4, -0.2) is 39.5 Å². The van der Waals surface area contributed by atoms with Crippen LogP contribution in [-0.2, 0) is 4.79 Å². The zero-order valence-electron chi connectivity index (χ0n) is 19.3. The van der Waals surface area contributed by atoms with Crippen molar-refractivity contribution in [3.05, 3.63) is 83.3 Å². The van der Waals surface area contributed by atoms with E-state index in [0.29, 0.717) is 17.4 Å². The summed E-state index contributed by atoms with van der Waals surface area (Å²) < 4.78 is 20.9. The molecule has 0 spiro atoms. The van der Waals surface area contributed by atoms with Crippen molar-refractivity contribution < 1.29 is 13.9 Å². The van der Waals surface area contributed by atoms with Crippen LogP contribution >= 0.6 is 0 Å². The minimum atomic E-state index is -0.308. The summed E-state index contributed by atoms with van der Waals surface area (Å²) in [7, 11) is 1.62. The van der Waals surface area contributed by atoms with Gasteiger partial charge in [0.2, 0.25) is 5.96 Å². The van der Waals surface area contributed by atoms with Gasteiger partial charge in [0, 0.05) is 6.20 Å². The van der Waals surface area contributed by atoms with Crippen molar-refractivity contribution in [2.45, 2.75) is 38.8 Å². The smallest absolute Gasteiger partial charge is 0.277 e. The van der Waals surface area contributed by atoms with Gasteiger partial charge in [-0.25, -0.2) is 14.4 Å². The average molecular weight is 460 g/mol. The van der Waals surface area contributed by atoms with Gasteiger partial charge in [0.1, 0.15) is 17.3 Å². The number of rotatable bonds is 6. The number of guanidine groups is 1. The Morgan fingerprint density at radius 1 is 1.24 bits per heavy atom. The lowest BCUT2D eigenvalue weighted by Crippen LogP contribution is -2.35. The van der Waals surface area contributed by atoms with Crippen LogP contribution in [0.3, 0.4) is 0 Å². The SMILES string of the molecule is COc1cc(/C=C2\N/C(=N\C3CC3)N(C(C)c3ccc(F)cc3)C2=O)ccc1-n1cnc(C)c1. The number of imidazole rings is 1. The summed E-state index contributed by atoms with van der Waals surface area (Å²) >= 11 is 0. The van der Waals surface area contributed by atoms with Gasteiger partial charge in [-0.3, -0.25) is 9.69 Å². The van der Waals surface area contributed by atoms with Gasteiger partial charge >= 0.3 is 0 Å². The maximum atomic E-state index is 13.4. The summed E-state index contributed by atoms with van der Waals surface area (Å²) in [5.41, 5.74) is 3.85. The molecule has 7 nitrogen and oxygen atoms in total. The van der Waals surface area contributed by atoms with Crippen LogP contribution in [0, 0.1) is 12.7 Å². The molecule has 2 aliphatic rings. The number of aryl methyl sites for hydroxylation is 1. The molecule has 1 aliphatic heterocycles. The van der Waals surface area contributed by atoms with Gasteiger partial charge in [0.15, 0.2) is 0 Å². The van der Waals surface area contributed by atoms with E-state index < -0.39 is 0 Å². The monoisotopic (exact) mass is 459 g/mol. The highest BCUT2D eigenvalue weighted by Crippen LogP contribution is 2.31. The number of carbonyl (C=O) groups excluding carboxylic acids is 1. The van der Waals surface area contributed by atoms with Crippen molar-refractivity contribution in [3.63, 3.8) is 0 Å². The molecule has 1 saturated carbocycles. The average Bonchev–Trinajstić information content (AvgIpc) is 3.46. The van der Waals surface area contributed by atoms with Crippen LogP contribution in [0.2, 0.25) is 0 Å². The second-order valence-corrected chi connectivity index (χ2v) is 8.62. The van der Waals surface area contributed by atoms with Crippen LogP contribution in [0.5, 0.6) is 5.75 Å². The molecule has 174 valence electrons. The van der Waals surface area contributed by atoms with E-state index in [4.69, 9.17) is 9.73 Å². The fourth-order valence-corrected chi connectivity index (χ4v) is 4.00. The highest BCUT2D eigenvalue weighted by atomic mass is 19.1. The molecule has 1 saturated heterocycles. The van der Waals surface area contributed by atoms with Crippen LogP contribution < -0.4 is 10.1 Å². The third-order valence-electron chi connectivity index (χ3n) is 6.02. The van der Waals surface area contributed by atoms with Gasteiger partial charge in [-0.05, 0) is 68.2 Å². The number of halogens is 1. The Kier molecular flexibility index (Phi) is 5.65. The third-order valence-corrected chi connectivity index (χ3v) is 6.02. The summed E-state index contributed by atoms with van der Waals surface area (Å²) in [6.07, 6.45) is 7.50. The van der Waals surface area contributed by atoms with Gasteiger partial charge in [0.05, 0.1) is 36.9 Å². The maximum absolute atomic E-state index is 13.4. The van der Waals surface area contributed by atoms with Crippen molar-refractivity contribution >= 4 is 17.9 Å². The summed E-state index contributed by atoms with van der Waals surface area (Å²) in [4.78, 5) is 24.1. The molecule has 0 bridgehead atoms. The molecule has 5 rings (SSSR count). The van der Waals surface area contributed by atoms with E-state index in [-0.39, 0.29) is 23.8 Å². The van der Waals surface area contributed by atoms with Gasteiger partial charge in [-0.2, -0.15) is 0 Å². The van der Waals surface area contributed by atoms with E-state index in [1.807, 2.05) is 42.8 Å². The van der Waals surface area contributed by atoms with Crippen LogP contribution in [0.25, 0.3) is 11.8 Å². The lowest BCUT2D eigenvalue weighted by atomic mass is 10.1. The number of amides is 1. The Hall–Kier alpha value is -3.94. The molecule has 3 aromatic rings. The van der Waals surface area contributed by atoms with E-state index in [1.165, 1.54) is 12.1 Å². The number of aromatic nitrogens is 2. The molecule has 1 atom stereocenters. The first-order chi connectivity index (χ1) is 16.4. The number of aliphatic imine (C=N–C) groups is 1. The van der Waals surface area contributed by atoms with Gasteiger partial charge in [0.25, 0.3) is 5.91 Å². The molecule has 1 aromatic heterocycles. The standard InChI is InChI=1S/C26H26FN5O2/c1-16-14-31(15-28-16)23-11-4-18(13-24(23)34-3)12-22-25(33)32(26(30-22)29-21-9-10-21)17(2)19-5-7-20(27)8-6-19/h4-8,11-15,17,21H,9-10H2,1-3H3,(H,29,30)/b22-12-. The van der Waals surface area contributed by atoms with Crippen molar-refractivity contribution in [3.8, 4) is 11.4 Å². The zero-order valence-corrected chi connectivity index (χ0v) is 19.3. The quantitative estimate of drug-likeness (QED) is 0.556. The molecule has 2 aromatic carbocycles. The molecule has 1 aliphatic carbocycles. The Balaban J connectivity index is 1.47. The molecule has 34 heavy (non-hydrogen) atoms. The van der Waals surface area contributed by atoms with E-state index in [1.54, 1.807) is 36.5 Å². The largest absolute Gasteiger partial charge is 0.495 e. The number of nitrogens with one attached hydrogen (secondary N) is 1. The van der Waals surface area contributed by atoms with Crippen molar-refractivity contribution in [1.29, 1.82) is 0 Å². The molecular weight excluding hydrogens is 433 g/mol. The highest BCUT2D eigenvalue weighted by Gasteiger charge is 2.37. The van der Waals surface area contributed by atoms with Gasteiger partial charge in [-0.15, -0.1) is 0 Å². The molecule has 1 N–H and O–H groups in total. The van der Waals surface area contributed by atoms with E-state index >= 15 is 0 Å². The Morgan fingerprint density at radius 2 is 2.00 bits per heavy atom. The topological polar surface area (TPSA) is 71.8 Å². The van der Waals surface area contributed by atoms with E-state index in [9.17, 15) is 9.18 Å². The number of nitrogens with zero attached hydrogens (tertiary/aromatic N) is 4. The molecule has 8 heteroatoms. The zero-order chi connectivity index (χ0) is 23.8. The van der Waals surface area contributed by atoms with Crippen molar-refractivity contribution in [1.82, 2.24) is 19.8 Å². The number of hydrogen-bond donors (Lipinski definition) is 1. The first kappa shape index (κ1) is 21.9. The van der Waals surface area contributed by atoms with Crippen molar-refractivity contribution in [2.24, 2.45) is 4.99 Å². The van der Waals surface area contributed by atoms with Gasteiger partial charge in [-0.1, -0.05) is 18.2 Å². The van der Waals surface area contributed by atoms with E-state index in [2.05, 4.69) is 10.3 Å². The Morgan fingerprint density at radius 3 is 2.65 bits per heavy atom. The summed E-state index contributed by atoms with van der Waals surface area (Å²) in [6, 6.07) is 11.9. The summed E-state index contributed by atoms with van der Waals surface area (Å²) in [6.45, 7) is 3.85. The molecular formula is C26H26FN5O2. The molecule has 0 radical (unpaired) electrons. The number of benzene rings is 2. The predicted molar refractivity (Wildman–Crippen MR) is 128 cm³/mol. The van der Waals surface area contributed by atoms with Crippen LogP contribution in [0.15, 0.2) is 65.7 Å². The first-order valence-electron chi connectivity index (χ1n) is 11.3. The molecule has 1 unspecified atom stereocenters. The molecule has 2 heterocycles. The summed E-state index contributed by atoms with van der Waals surface area (Å²) in [5, 5.41) is 3.22. The minimum absolute atomic E-state index is 0.176. The second-order valence-electron chi connectivity index (χ2n) is 8.62. The highest BCUT2D eigenvalue weighted by molar-refractivity contribution is 6.15. The van der Waals surface area contributed by atoms with E-state index in [0.717, 1.165) is 35.3 Å². The lowest BCUT2D eigenvalue weighted by Gasteiger charge is -2.23. The minimum Gasteiger partial charge on any atom is -0.495 e. The third kappa shape index (κ3) is 4.31. The fourth-order valence-electron chi connectivity index (χ4n) is 4.00.